The van der Waals surface area contributed by atoms with Crippen molar-refractivity contribution in [3.63, 3.8) is 0 Å². The molecule has 1 unspecified atom stereocenters. The average molecular weight is 273 g/mol. The Hall–Kier alpha value is -1.44. The van der Waals surface area contributed by atoms with Crippen molar-refractivity contribution in [1.29, 1.82) is 0 Å². The zero-order chi connectivity index (χ0) is 13.7. The third kappa shape index (κ3) is 3.80. The van der Waals surface area contributed by atoms with Crippen LogP contribution in [-0.2, 0) is 11.2 Å². The second-order valence-electron chi connectivity index (χ2n) is 3.89. The Morgan fingerprint density at radius 2 is 2.11 bits per heavy atom. The lowest BCUT2D eigenvalue weighted by atomic mass is 10.1. The Kier molecular flexibility index (Phi) is 5.26. The molecule has 1 atom stereocenters. The number of phenolic OH excluding ortho intramolecular Hbond substituents is 2. The molecule has 0 heterocycles. The molecule has 7 heteroatoms. The molecule has 0 aliphatic carbocycles. The van der Waals surface area contributed by atoms with Gasteiger partial charge >= 0.3 is 0 Å². The van der Waals surface area contributed by atoms with Gasteiger partial charge in [-0.1, -0.05) is 0 Å². The molecule has 0 bridgehead atoms. The van der Waals surface area contributed by atoms with Gasteiger partial charge in [-0.15, -0.1) is 11.8 Å². The van der Waals surface area contributed by atoms with Crippen LogP contribution in [-0.4, -0.2) is 34.5 Å². The molecule has 0 spiro atoms. The highest BCUT2D eigenvalue weighted by Crippen LogP contribution is 2.37. The molecule has 1 aromatic carbocycles. The molecule has 0 saturated heterocycles. The molecule has 0 saturated carbocycles. The van der Waals surface area contributed by atoms with Crippen LogP contribution in [0.5, 0.6) is 11.5 Å². The smallest absolute Gasteiger partial charge is 0.171 e. The van der Waals surface area contributed by atoms with E-state index in [2.05, 4.69) is 11.5 Å². The third-order valence-corrected chi connectivity index (χ3v) is 3.54. The van der Waals surface area contributed by atoms with E-state index in [4.69, 9.17) is 0 Å². The van der Waals surface area contributed by atoms with Gasteiger partial charge in [0.1, 0.15) is 6.04 Å². The number of hydrogen-bond donors (Lipinski definition) is 4. The monoisotopic (exact) mass is 273 g/mol. The molecule has 0 aromatic heterocycles. The summed E-state index contributed by atoms with van der Waals surface area (Å²) in [5, 5.41) is 29.8. The van der Waals surface area contributed by atoms with E-state index in [1.54, 1.807) is 6.07 Å². The van der Waals surface area contributed by atoms with Gasteiger partial charge in [0, 0.05) is 6.42 Å². The lowest BCUT2D eigenvalue weighted by Crippen LogP contribution is -2.69. The molecule has 0 fully saturated rings. The van der Waals surface area contributed by atoms with Gasteiger partial charge in [-0.3, -0.25) is 0 Å². The van der Waals surface area contributed by atoms with Gasteiger partial charge in [0.15, 0.2) is 11.5 Å². The van der Waals surface area contributed by atoms with Crippen molar-refractivity contribution in [1.82, 2.24) is 0 Å². The van der Waals surface area contributed by atoms with E-state index in [0.29, 0.717) is 17.9 Å². The molecule has 100 valence electrons. The number of carbonyl (C=O) groups excluding carboxylic acids is 1. The first-order chi connectivity index (χ1) is 8.45. The van der Waals surface area contributed by atoms with Crippen LogP contribution in [0.3, 0.4) is 0 Å². The van der Waals surface area contributed by atoms with Crippen LogP contribution in [0.2, 0.25) is 0 Å². The van der Waals surface area contributed by atoms with Gasteiger partial charge in [0.25, 0.3) is 0 Å². The standard InChI is InChI=1S/C11H16N2O4S/c12-2-1-6-3-8(14)10(15)9(4-6)18-5-7(13)11(16)17/h3-4,7,14-15H,1-2,5,12-13H2,(H,16,17)/p+1. The van der Waals surface area contributed by atoms with E-state index >= 15 is 0 Å². The first-order valence-corrected chi connectivity index (χ1v) is 6.45. The molecule has 0 amide bonds. The summed E-state index contributed by atoms with van der Waals surface area (Å²) in [4.78, 5) is 11.0. The highest BCUT2D eigenvalue weighted by atomic mass is 32.2. The summed E-state index contributed by atoms with van der Waals surface area (Å²) in [6.07, 6.45) is 0.676. The fraction of sp³-hybridized carbons (Fsp3) is 0.364. The lowest BCUT2D eigenvalue weighted by Gasteiger charge is -2.11. The van der Waals surface area contributed by atoms with E-state index in [9.17, 15) is 20.1 Å². The summed E-state index contributed by atoms with van der Waals surface area (Å²) in [7, 11) is 0. The summed E-state index contributed by atoms with van der Waals surface area (Å²) in [5.41, 5.74) is 7.98. The zero-order valence-corrected chi connectivity index (χ0v) is 10.7. The van der Waals surface area contributed by atoms with E-state index < -0.39 is 12.0 Å². The highest BCUT2D eigenvalue weighted by Gasteiger charge is 2.13. The van der Waals surface area contributed by atoms with Crippen molar-refractivity contribution in [2.24, 2.45) is 0 Å². The molecule has 1 rings (SSSR count). The number of carbonyl (C=O) groups is 1. The van der Waals surface area contributed by atoms with Gasteiger partial charge in [0.2, 0.25) is 0 Å². The van der Waals surface area contributed by atoms with Crippen LogP contribution in [0.15, 0.2) is 17.0 Å². The Labute approximate surface area is 109 Å². The first-order valence-electron chi connectivity index (χ1n) is 5.46. The van der Waals surface area contributed by atoms with Crippen LogP contribution in [0, 0.1) is 0 Å². The average Bonchev–Trinajstić information content (AvgIpc) is 2.31. The number of aliphatic carboxylic acids is 1. The summed E-state index contributed by atoms with van der Waals surface area (Å²) < 4.78 is 0. The number of aromatic hydroxyl groups is 2. The van der Waals surface area contributed by atoms with Crippen molar-refractivity contribution in [3.8, 4) is 11.5 Å². The molecule has 18 heavy (non-hydrogen) atoms. The molecule has 1 aromatic rings. The number of carboxylic acid groups (broad SMARTS) is 1. The van der Waals surface area contributed by atoms with E-state index in [0.717, 1.165) is 17.3 Å². The van der Waals surface area contributed by atoms with Gasteiger partial charge in [0.05, 0.1) is 23.2 Å². The summed E-state index contributed by atoms with van der Waals surface area (Å²) in [5.74, 6) is -1.51. The summed E-state index contributed by atoms with van der Waals surface area (Å²) >= 11 is 1.12. The van der Waals surface area contributed by atoms with Crippen LogP contribution in [0.1, 0.15) is 5.56 Å². The summed E-state index contributed by atoms with van der Waals surface area (Å²) in [6.45, 7) is 0.672. The van der Waals surface area contributed by atoms with Crippen LogP contribution in [0.25, 0.3) is 0 Å². The predicted octanol–water partition coefficient (Wildman–Crippen LogP) is -2.67. The maximum atomic E-state index is 10.5. The predicted molar refractivity (Wildman–Crippen MR) is 63.6 cm³/mol. The molecule has 0 radical (unpaired) electrons. The van der Waals surface area contributed by atoms with Crippen molar-refractivity contribution >= 4 is 17.7 Å². The Bertz CT molecular complexity index is 439. The van der Waals surface area contributed by atoms with Crippen LogP contribution in [0.4, 0.5) is 0 Å². The minimum atomic E-state index is -1.24. The largest absolute Gasteiger partial charge is 0.544 e. The topological polar surface area (TPSA) is 136 Å². The second-order valence-corrected chi connectivity index (χ2v) is 4.95. The quantitative estimate of drug-likeness (QED) is 0.331. The van der Waals surface area contributed by atoms with E-state index in [1.165, 1.54) is 6.07 Å². The fourth-order valence-electron chi connectivity index (χ4n) is 1.37. The maximum absolute atomic E-state index is 10.5. The minimum Gasteiger partial charge on any atom is -0.544 e. The number of hydrogen-bond acceptors (Lipinski definition) is 5. The van der Waals surface area contributed by atoms with Gasteiger partial charge in [-0.2, -0.15) is 0 Å². The first kappa shape index (κ1) is 14.6. The molecule has 6 nitrogen and oxygen atoms in total. The lowest BCUT2D eigenvalue weighted by molar-refractivity contribution is -0.431. The fourth-order valence-corrected chi connectivity index (χ4v) is 2.36. The minimum absolute atomic E-state index is 0.170. The zero-order valence-electron chi connectivity index (χ0n) is 9.89. The van der Waals surface area contributed by atoms with Crippen LogP contribution < -0.4 is 16.6 Å². The number of carboxylic acids is 1. The number of quaternary nitrogens is 2. The Balaban J connectivity index is 2.83. The number of phenols is 2. The number of benzene rings is 1. The van der Waals surface area contributed by atoms with Gasteiger partial charge in [-0.25, -0.2) is 0 Å². The van der Waals surface area contributed by atoms with Crippen molar-refractivity contribution < 1.29 is 31.6 Å². The molecule has 0 aliphatic rings. The van der Waals surface area contributed by atoms with Crippen LogP contribution >= 0.6 is 11.8 Å². The number of thioether (sulfide) groups is 1. The SMILES string of the molecule is [NH3+]CCc1cc(O)c(O)c(SCC([NH3+])C(=O)[O-])c1. The molecule has 8 N–H and O–H groups in total. The maximum Gasteiger partial charge on any atom is 0.171 e. The summed E-state index contributed by atoms with van der Waals surface area (Å²) in [6, 6.07) is 2.32. The third-order valence-electron chi connectivity index (χ3n) is 2.35. The van der Waals surface area contributed by atoms with Crippen molar-refractivity contribution in [2.75, 3.05) is 12.3 Å². The van der Waals surface area contributed by atoms with Crippen molar-refractivity contribution in [2.45, 2.75) is 17.4 Å². The molecular weight excluding hydrogens is 256 g/mol. The normalized spacial score (nSPS) is 12.3. The number of rotatable bonds is 6. The Morgan fingerprint density at radius 3 is 2.67 bits per heavy atom. The highest BCUT2D eigenvalue weighted by molar-refractivity contribution is 7.99. The molecule has 0 aliphatic heterocycles. The molecular formula is C11H17N2O4S+. The van der Waals surface area contributed by atoms with Gasteiger partial charge < -0.3 is 31.6 Å². The van der Waals surface area contributed by atoms with E-state index in [-0.39, 0.29) is 17.3 Å². The van der Waals surface area contributed by atoms with Gasteiger partial charge in [-0.05, 0) is 17.7 Å². The van der Waals surface area contributed by atoms with E-state index in [1.807, 2.05) is 0 Å². The Morgan fingerprint density at radius 1 is 1.44 bits per heavy atom. The van der Waals surface area contributed by atoms with Crippen molar-refractivity contribution in [3.05, 3.63) is 17.7 Å². The second kappa shape index (κ2) is 6.48.